The monoisotopic (exact) mass is 827 g/mol. The first-order chi connectivity index (χ1) is 29.7. The number of hydrogen-bond donors (Lipinski definition) is 2. The summed E-state index contributed by atoms with van der Waals surface area (Å²) in [6.07, 6.45) is 0.136. The highest BCUT2D eigenvalue weighted by Gasteiger charge is 2.52. The lowest BCUT2D eigenvalue weighted by molar-refractivity contribution is -0.288. The summed E-state index contributed by atoms with van der Waals surface area (Å²) in [5.41, 5.74) is 4.38. The molecule has 0 aliphatic carbocycles. The molecule has 0 saturated carbocycles. The summed E-state index contributed by atoms with van der Waals surface area (Å²) in [7, 11) is 0. The second kappa shape index (κ2) is 23.8. The Balaban J connectivity index is 1.34. The van der Waals surface area contributed by atoms with Crippen LogP contribution in [0, 0.1) is 0 Å². The lowest BCUT2D eigenvalue weighted by Gasteiger charge is -2.48. The molecule has 1 heterocycles. The number of carbonyl (C=O) groups excluding carboxylic acids is 1. The third-order valence-electron chi connectivity index (χ3n) is 10.4. The van der Waals surface area contributed by atoms with Gasteiger partial charge in [0.15, 0.2) is 0 Å². The van der Waals surface area contributed by atoms with Crippen LogP contribution in [0.15, 0.2) is 164 Å². The lowest BCUT2D eigenvalue weighted by Crippen LogP contribution is -2.66. The van der Waals surface area contributed by atoms with Gasteiger partial charge in [-0.1, -0.05) is 164 Å². The zero-order chi connectivity index (χ0) is 42.7. The molecule has 0 aromatic heterocycles. The van der Waals surface area contributed by atoms with Gasteiger partial charge in [0.2, 0.25) is 0 Å². The Bertz CT molecular complexity index is 1990. The summed E-state index contributed by atoms with van der Waals surface area (Å²) in [4.78, 5) is 13.5. The molecule has 1 fully saturated rings. The van der Waals surface area contributed by atoms with Crippen LogP contribution in [0.2, 0.25) is 0 Å². The van der Waals surface area contributed by atoms with Gasteiger partial charge in [0.05, 0.1) is 39.1 Å². The van der Waals surface area contributed by atoms with Crippen LogP contribution >= 0.6 is 0 Å². The van der Waals surface area contributed by atoms with Gasteiger partial charge in [-0.2, -0.15) is 0 Å². The van der Waals surface area contributed by atoms with Crippen LogP contribution in [0.5, 0.6) is 0 Å². The van der Waals surface area contributed by atoms with Gasteiger partial charge >= 0.3 is 6.09 Å². The second-order valence-electron chi connectivity index (χ2n) is 16.4. The van der Waals surface area contributed by atoms with Crippen molar-refractivity contribution in [2.24, 2.45) is 0 Å². The van der Waals surface area contributed by atoms with Crippen LogP contribution < -0.4 is 5.32 Å². The maximum Gasteiger partial charge on any atom is 0.407 e. The normalized spacial score (nSPS) is 20.2. The number of allylic oxidation sites excluding steroid dienone is 1. The van der Waals surface area contributed by atoms with Gasteiger partial charge in [-0.25, -0.2) is 4.79 Å². The number of hydrogen-bond acceptors (Lipinski definition) is 8. The van der Waals surface area contributed by atoms with E-state index in [1.807, 2.05) is 166 Å². The Morgan fingerprint density at radius 3 is 1.56 bits per heavy atom. The van der Waals surface area contributed by atoms with Crippen molar-refractivity contribution in [3.8, 4) is 0 Å². The molecule has 1 amide bonds. The number of aliphatic hydroxyl groups is 1. The van der Waals surface area contributed by atoms with Crippen LogP contribution in [0.1, 0.15) is 61.4 Å². The third kappa shape index (κ3) is 15.1. The van der Waals surface area contributed by atoms with Gasteiger partial charge < -0.3 is 38.8 Å². The van der Waals surface area contributed by atoms with E-state index < -0.39 is 54.4 Å². The molecule has 61 heavy (non-hydrogen) atoms. The number of amides is 1. The fourth-order valence-corrected chi connectivity index (χ4v) is 7.33. The maximum atomic E-state index is 13.5. The van der Waals surface area contributed by atoms with E-state index in [2.05, 4.69) is 23.5 Å². The van der Waals surface area contributed by atoms with E-state index in [0.29, 0.717) is 13.0 Å². The minimum atomic E-state index is -1.28. The molecule has 0 bridgehead atoms. The first kappa shape index (κ1) is 45.4. The summed E-state index contributed by atoms with van der Waals surface area (Å²) < 4.78 is 39.6. The molecule has 2 N–H and O–H groups in total. The van der Waals surface area contributed by atoms with Crippen LogP contribution in [0.3, 0.4) is 0 Å². The molecule has 0 radical (unpaired) electrons. The van der Waals surface area contributed by atoms with E-state index >= 15 is 0 Å². The van der Waals surface area contributed by atoms with E-state index in [-0.39, 0.29) is 26.4 Å². The number of alkyl carbamates (subject to hydrolysis) is 1. The number of carbonyl (C=O) groups is 1. The molecule has 1 aliphatic rings. The van der Waals surface area contributed by atoms with E-state index in [4.69, 9.17) is 28.4 Å². The molecule has 1 saturated heterocycles. The first-order valence-corrected chi connectivity index (χ1v) is 21.3. The Morgan fingerprint density at radius 2 is 1.07 bits per heavy atom. The molecule has 9 heteroatoms. The van der Waals surface area contributed by atoms with Crippen molar-refractivity contribution in [3.63, 3.8) is 0 Å². The van der Waals surface area contributed by atoms with Crippen molar-refractivity contribution in [1.82, 2.24) is 5.32 Å². The third-order valence-corrected chi connectivity index (χ3v) is 10.4. The summed E-state index contributed by atoms with van der Waals surface area (Å²) in [5.74, 6) is 0. The largest absolute Gasteiger partial charge is 0.444 e. The second-order valence-corrected chi connectivity index (χ2v) is 16.4. The lowest BCUT2D eigenvalue weighted by atomic mass is 9.88. The zero-order valence-electron chi connectivity index (χ0n) is 35.6. The van der Waals surface area contributed by atoms with Crippen molar-refractivity contribution in [2.45, 2.75) is 115 Å². The molecule has 1 aliphatic heterocycles. The van der Waals surface area contributed by atoms with Crippen molar-refractivity contribution >= 4 is 6.09 Å². The van der Waals surface area contributed by atoms with Gasteiger partial charge in [0, 0.05) is 0 Å². The number of aliphatic hydroxyl groups excluding tert-OH is 1. The summed E-state index contributed by atoms with van der Waals surface area (Å²) in [5, 5.41) is 15.6. The summed E-state index contributed by atoms with van der Waals surface area (Å²) in [6.45, 7) is 6.66. The first-order valence-electron chi connectivity index (χ1n) is 21.3. The SMILES string of the molecule is CC(C)(C)OC(=O)N[C@@H](CC=CCCc1ccccc1)C(O)[C@H]1O[C@H](COCc2ccccc2)[C@H](OCc2ccccc2)[C@@H](OCc2ccccc2)[C@H]1OCc1ccccc1. The highest BCUT2D eigenvalue weighted by Crippen LogP contribution is 2.34. The maximum absolute atomic E-state index is 13.5. The molecule has 322 valence electrons. The molecular formula is C52H61NO8. The number of ether oxygens (including phenoxy) is 6. The minimum absolute atomic E-state index is 0.137. The highest BCUT2D eigenvalue weighted by atomic mass is 16.6. The van der Waals surface area contributed by atoms with Crippen molar-refractivity contribution in [1.29, 1.82) is 0 Å². The van der Waals surface area contributed by atoms with E-state index in [9.17, 15) is 9.90 Å². The molecule has 6 rings (SSSR count). The fraction of sp³-hybridized carbons (Fsp3) is 0.365. The smallest absolute Gasteiger partial charge is 0.407 e. The van der Waals surface area contributed by atoms with E-state index in [1.54, 1.807) is 0 Å². The molecule has 0 spiro atoms. The number of aryl methyl sites for hydroxylation is 1. The average Bonchev–Trinajstić information content (AvgIpc) is 3.27. The van der Waals surface area contributed by atoms with Gasteiger partial charge in [0.25, 0.3) is 0 Å². The van der Waals surface area contributed by atoms with E-state index in [0.717, 1.165) is 35.1 Å². The molecule has 7 atom stereocenters. The van der Waals surface area contributed by atoms with E-state index in [1.165, 1.54) is 5.56 Å². The highest BCUT2D eigenvalue weighted by molar-refractivity contribution is 5.68. The van der Waals surface area contributed by atoms with Crippen LogP contribution in [-0.4, -0.2) is 66.1 Å². The summed E-state index contributed by atoms with van der Waals surface area (Å²) >= 11 is 0. The number of nitrogens with one attached hydrogen (secondary N) is 1. The Hall–Kier alpha value is -5.13. The summed E-state index contributed by atoms with van der Waals surface area (Å²) in [6, 6.07) is 49.2. The topological polar surface area (TPSA) is 105 Å². The number of rotatable bonds is 21. The van der Waals surface area contributed by atoms with Crippen LogP contribution in [0.4, 0.5) is 4.79 Å². The van der Waals surface area contributed by atoms with Crippen molar-refractivity contribution in [2.75, 3.05) is 6.61 Å². The molecule has 5 aromatic rings. The van der Waals surface area contributed by atoms with Gasteiger partial charge in [-0.3, -0.25) is 0 Å². The zero-order valence-corrected chi connectivity index (χ0v) is 35.6. The standard InChI is InChI=1S/C52H61NO8/c1-52(2,3)61-51(55)53-44(33-21-9-12-24-39-22-10-4-11-23-39)46(54)48-50(59-37-43-31-19-8-20-32-43)49(58-36-42-29-17-7-18-30-42)47(57-35-41-27-15-6-16-28-41)45(60-48)38-56-34-40-25-13-5-14-26-40/h4-11,13-23,25-32,44-50,54H,12,24,33-38H2,1-3H3,(H,53,55)/t44-,45+,46?,47-,48+,49+,50-/m0/s1. The molecule has 5 aromatic carbocycles. The Morgan fingerprint density at radius 1 is 0.623 bits per heavy atom. The average molecular weight is 828 g/mol. The number of benzene rings is 5. The minimum Gasteiger partial charge on any atom is -0.444 e. The molecule has 9 nitrogen and oxygen atoms in total. The van der Waals surface area contributed by atoms with Gasteiger partial charge in [-0.15, -0.1) is 0 Å². The molecule has 1 unspecified atom stereocenters. The fourth-order valence-electron chi connectivity index (χ4n) is 7.33. The van der Waals surface area contributed by atoms with Crippen molar-refractivity contribution in [3.05, 3.63) is 192 Å². The Labute approximate surface area is 361 Å². The predicted molar refractivity (Wildman–Crippen MR) is 238 cm³/mol. The van der Waals surface area contributed by atoms with Crippen LogP contribution in [-0.2, 0) is 61.3 Å². The molecular weight excluding hydrogens is 767 g/mol. The van der Waals surface area contributed by atoms with Gasteiger partial charge in [-0.05, 0) is 67.9 Å². The van der Waals surface area contributed by atoms with Gasteiger partial charge in [0.1, 0.15) is 42.2 Å². The van der Waals surface area contributed by atoms with Crippen LogP contribution in [0.25, 0.3) is 0 Å². The Kier molecular flexibility index (Phi) is 17.7. The quantitative estimate of drug-likeness (QED) is 0.0706. The predicted octanol–water partition coefficient (Wildman–Crippen LogP) is 9.56. The van der Waals surface area contributed by atoms with Crippen molar-refractivity contribution < 1.29 is 38.3 Å².